The third kappa shape index (κ3) is 2.79. The van der Waals surface area contributed by atoms with E-state index < -0.39 is 21.6 Å². The Bertz CT molecular complexity index is 586. The van der Waals surface area contributed by atoms with Gasteiger partial charge in [-0.3, -0.25) is 4.79 Å². The van der Waals surface area contributed by atoms with Crippen molar-refractivity contribution in [3.8, 4) is 0 Å². The summed E-state index contributed by atoms with van der Waals surface area (Å²) in [5, 5.41) is 2.80. The Hall–Kier alpha value is -1.63. The van der Waals surface area contributed by atoms with E-state index in [4.69, 9.17) is 5.73 Å². The number of carbonyl (C=O) groups excluding carboxylic acids is 1. The van der Waals surface area contributed by atoms with Crippen molar-refractivity contribution >= 4 is 21.4 Å². The van der Waals surface area contributed by atoms with E-state index in [9.17, 15) is 17.6 Å². The third-order valence-electron chi connectivity index (χ3n) is 2.84. The number of rotatable bonds is 3. The van der Waals surface area contributed by atoms with E-state index in [1.807, 2.05) is 0 Å². The van der Waals surface area contributed by atoms with Gasteiger partial charge in [0.25, 0.3) is 0 Å². The Kier molecular flexibility index (Phi) is 3.25. The van der Waals surface area contributed by atoms with E-state index in [0.29, 0.717) is 6.42 Å². The Morgan fingerprint density at radius 2 is 2.17 bits per heavy atom. The predicted molar refractivity (Wildman–Crippen MR) is 65.6 cm³/mol. The van der Waals surface area contributed by atoms with Gasteiger partial charge in [-0.2, -0.15) is 0 Å². The highest BCUT2D eigenvalue weighted by Gasteiger charge is 2.28. The van der Waals surface area contributed by atoms with Gasteiger partial charge in [0.15, 0.2) is 9.84 Å². The predicted octanol–water partition coefficient (Wildman–Crippen LogP) is 0.524. The molecule has 1 aliphatic heterocycles. The van der Waals surface area contributed by atoms with Crippen molar-refractivity contribution in [3.63, 3.8) is 0 Å². The molecule has 7 heteroatoms. The molecule has 1 fully saturated rings. The second-order valence-corrected chi connectivity index (χ2v) is 6.53. The first kappa shape index (κ1) is 12.8. The summed E-state index contributed by atoms with van der Waals surface area (Å²) < 4.78 is 36.1. The van der Waals surface area contributed by atoms with E-state index in [2.05, 4.69) is 5.32 Å². The number of amides is 1. The van der Waals surface area contributed by atoms with E-state index in [-0.39, 0.29) is 28.8 Å². The van der Waals surface area contributed by atoms with Gasteiger partial charge in [-0.1, -0.05) is 0 Å². The first-order valence-electron chi connectivity index (χ1n) is 5.44. The number of hydrogen-bond donors (Lipinski definition) is 2. The molecule has 18 heavy (non-hydrogen) atoms. The van der Waals surface area contributed by atoms with E-state index in [1.165, 1.54) is 12.1 Å². The molecule has 0 saturated carbocycles. The summed E-state index contributed by atoms with van der Waals surface area (Å²) in [4.78, 5) is 11.0. The number of benzene rings is 1. The molecular weight excluding hydrogens is 259 g/mol. The van der Waals surface area contributed by atoms with Crippen LogP contribution in [0.25, 0.3) is 0 Å². The average molecular weight is 272 g/mol. The highest BCUT2D eigenvalue weighted by molar-refractivity contribution is 7.91. The molecule has 0 aliphatic carbocycles. The summed E-state index contributed by atoms with van der Waals surface area (Å²) >= 11 is 0. The maximum atomic E-state index is 13.5. The number of halogens is 1. The zero-order valence-corrected chi connectivity index (χ0v) is 10.3. The van der Waals surface area contributed by atoms with Crippen LogP contribution in [-0.2, 0) is 9.84 Å². The average Bonchev–Trinajstić information content (AvgIpc) is 2.61. The van der Waals surface area contributed by atoms with E-state index in [0.717, 1.165) is 6.07 Å². The molecule has 1 atom stereocenters. The lowest BCUT2D eigenvalue weighted by Gasteiger charge is -2.13. The molecule has 5 nitrogen and oxygen atoms in total. The number of carbonyl (C=O) groups is 1. The largest absolute Gasteiger partial charge is 0.379 e. The minimum absolute atomic E-state index is 0.0206. The Morgan fingerprint density at radius 1 is 1.44 bits per heavy atom. The minimum atomic E-state index is -3.03. The molecule has 0 bridgehead atoms. The van der Waals surface area contributed by atoms with Crippen LogP contribution in [0.5, 0.6) is 0 Å². The monoisotopic (exact) mass is 272 g/mol. The molecule has 1 amide bonds. The fourth-order valence-electron chi connectivity index (χ4n) is 1.92. The minimum Gasteiger partial charge on any atom is -0.379 e. The summed E-state index contributed by atoms with van der Waals surface area (Å²) in [6, 6.07) is 3.38. The lowest BCUT2D eigenvalue weighted by atomic mass is 10.1. The number of sulfone groups is 1. The van der Waals surface area contributed by atoms with E-state index >= 15 is 0 Å². The molecule has 0 radical (unpaired) electrons. The standard InChI is InChI=1S/C11H13FN2O3S/c12-9-2-1-7(11(13)15)5-10(9)14-8-3-4-18(16,17)6-8/h1-2,5,8,14H,3-4,6H2,(H2,13,15). The smallest absolute Gasteiger partial charge is 0.248 e. The molecule has 0 aromatic heterocycles. The van der Waals surface area contributed by atoms with Crippen LogP contribution in [-0.4, -0.2) is 31.9 Å². The van der Waals surface area contributed by atoms with Gasteiger partial charge in [-0.05, 0) is 24.6 Å². The fourth-order valence-corrected chi connectivity index (χ4v) is 3.59. The summed E-state index contributed by atoms with van der Waals surface area (Å²) in [6.45, 7) is 0. The third-order valence-corrected chi connectivity index (χ3v) is 4.61. The maximum Gasteiger partial charge on any atom is 0.248 e. The quantitative estimate of drug-likeness (QED) is 0.839. The molecule has 2 rings (SSSR count). The van der Waals surface area contributed by atoms with Crippen LogP contribution in [0.4, 0.5) is 10.1 Å². The summed E-state index contributed by atoms with van der Waals surface area (Å²) in [7, 11) is -3.03. The Balaban J connectivity index is 2.19. The second-order valence-electron chi connectivity index (χ2n) is 4.30. The lowest BCUT2D eigenvalue weighted by molar-refractivity contribution is 0.100. The molecule has 1 saturated heterocycles. The van der Waals surface area contributed by atoms with Gasteiger partial charge < -0.3 is 11.1 Å². The van der Waals surface area contributed by atoms with Gasteiger partial charge in [0.05, 0.1) is 17.2 Å². The van der Waals surface area contributed by atoms with Crippen LogP contribution in [0, 0.1) is 5.82 Å². The first-order valence-corrected chi connectivity index (χ1v) is 7.26. The normalized spacial score (nSPS) is 21.7. The van der Waals surface area contributed by atoms with Crippen molar-refractivity contribution in [2.75, 3.05) is 16.8 Å². The number of anilines is 1. The van der Waals surface area contributed by atoms with Crippen LogP contribution in [0.1, 0.15) is 16.8 Å². The number of primary amides is 1. The van der Waals surface area contributed by atoms with Crippen LogP contribution in [0.15, 0.2) is 18.2 Å². The highest BCUT2D eigenvalue weighted by atomic mass is 32.2. The number of nitrogens with one attached hydrogen (secondary N) is 1. The Morgan fingerprint density at radius 3 is 2.72 bits per heavy atom. The van der Waals surface area contributed by atoms with Crippen LogP contribution in [0.2, 0.25) is 0 Å². The molecule has 0 spiro atoms. The second kappa shape index (κ2) is 4.56. The SMILES string of the molecule is NC(=O)c1ccc(F)c(NC2CCS(=O)(=O)C2)c1. The zero-order chi connectivity index (χ0) is 13.3. The fraction of sp³-hybridized carbons (Fsp3) is 0.364. The molecule has 98 valence electrons. The first-order chi connectivity index (χ1) is 8.37. The Labute approximate surface area is 104 Å². The number of nitrogens with two attached hydrogens (primary N) is 1. The molecule has 1 aromatic carbocycles. The van der Waals surface area contributed by atoms with Crippen molar-refractivity contribution < 1.29 is 17.6 Å². The van der Waals surface area contributed by atoms with Crippen molar-refractivity contribution in [1.29, 1.82) is 0 Å². The summed E-state index contributed by atoms with van der Waals surface area (Å²) in [6.07, 6.45) is 0.433. The molecule has 1 aromatic rings. The van der Waals surface area contributed by atoms with Crippen molar-refractivity contribution in [3.05, 3.63) is 29.6 Å². The topological polar surface area (TPSA) is 89.3 Å². The lowest BCUT2D eigenvalue weighted by Crippen LogP contribution is -2.22. The summed E-state index contributed by atoms with van der Waals surface area (Å²) in [5.41, 5.74) is 5.38. The van der Waals surface area contributed by atoms with Gasteiger partial charge in [-0.15, -0.1) is 0 Å². The van der Waals surface area contributed by atoms with Gasteiger partial charge in [0.2, 0.25) is 5.91 Å². The van der Waals surface area contributed by atoms with Gasteiger partial charge >= 0.3 is 0 Å². The number of hydrogen-bond acceptors (Lipinski definition) is 4. The van der Waals surface area contributed by atoms with E-state index in [1.54, 1.807) is 0 Å². The van der Waals surface area contributed by atoms with Gasteiger partial charge in [0, 0.05) is 11.6 Å². The zero-order valence-electron chi connectivity index (χ0n) is 9.52. The molecule has 3 N–H and O–H groups in total. The maximum absolute atomic E-state index is 13.5. The highest BCUT2D eigenvalue weighted by Crippen LogP contribution is 2.21. The molecular formula is C11H13FN2O3S. The van der Waals surface area contributed by atoms with Crippen LogP contribution >= 0.6 is 0 Å². The molecule has 1 heterocycles. The van der Waals surface area contributed by atoms with Crippen LogP contribution < -0.4 is 11.1 Å². The van der Waals surface area contributed by atoms with Gasteiger partial charge in [-0.25, -0.2) is 12.8 Å². The van der Waals surface area contributed by atoms with Crippen LogP contribution in [0.3, 0.4) is 0 Å². The van der Waals surface area contributed by atoms with Crippen molar-refractivity contribution in [1.82, 2.24) is 0 Å². The van der Waals surface area contributed by atoms with Crippen molar-refractivity contribution in [2.45, 2.75) is 12.5 Å². The van der Waals surface area contributed by atoms with Crippen molar-refractivity contribution in [2.24, 2.45) is 5.73 Å². The van der Waals surface area contributed by atoms with Gasteiger partial charge in [0.1, 0.15) is 5.82 Å². The summed E-state index contributed by atoms with van der Waals surface area (Å²) in [5.74, 6) is -1.11. The molecule has 1 unspecified atom stereocenters. The molecule has 1 aliphatic rings.